The lowest BCUT2D eigenvalue weighted by Crippen LogP contribution is -2.52. The number of methoxy groups -OCH3 is 1. The molecule has 0 saturated carbocycles. The van der Waals surface area contributed by atoms with Crippen LogP contribution in [0.3, 0.4) is 0 Å². The molecule has 0 spiro atoms. The Morgan fingerprint density at radius 1 is 1.30 bits per heavy atom. The molecule has 1 heterocycles. The number of carbonyl (C=O) groups is 2. The van der Waals surface area contributed by atoms with Gasteiger partial charge in [0.2, 0.25) is 0 Å². The van der Waals surface area contributed by atoms with Gasteiger partial charge < -0.3 is 19.7 Å². The zero-order chi connectivity index (χ0) is 15.2. The van der Waals surface area contributed by atoms with E-state index in [-0.39, 0.29) is 18.0 Å². The van der Waals surface area contributed by atoms with Gasteiger partial charge in [0.05, 0.1) is 6.61 Å². The van der Waals surface area contributed by atoms with Gasteiger partial charge in [0.25, 0.3) is 5.91 Å². The van der Waals surface area contributed by atoms with Gasteiger partial charge in [-0.3, -0.25) is 4.79 Å². The number of carbonyl (C=O) groups excluding carboxylic acids is 2. The Labute approximate surface area is 120 Å². The Morgan fingerprint density at radius 3 is 2.35 bits per heavy atom. The number of piperidine rings is 1. The molecule has 0 aromatic rings. The highest BCUT2D eigenvalue weighted by Gasteiger charge is 2.33. The summed E-state index contributed by atoms with van der Waals surface area (Å²) in [4.78, 5) is 25.4. The molecule has 0 aromatic carbocycles. The van der Waals surface area contributed by atoms with Crippen LogP contribution in [0.5, 0.6) is 0 Å². The first-order chi connectivity index (χ1) is 9.46. The van der Waals surface area contributed by atoms with Gasteiger partial charge in [-0.15, -0.1) is 0 Å². The first kappa shape index (κ1) is 16.8. The number of amides is 2. The molecule has 20 heavy (non-hydrogen) atoms. The van der Waals surface area contributed by atoms with Crippen LogP contribution < -0.4 is 5.32 Å². The third kappa shape index (κ3) is 4.10. The van der Waals surface area contributed by atoms with Crippen molar-refractivity contribution in [1.82, 2.24) is 10.2 Å². The summed E-state index contributed by atoms with van der Waals surface area (Å²) < 4.78 is 10.3. The van der Waals surface area contributed by atoms with Crippen LogP contribution in [-0.2, 0) is 14.3 Å². The zero-order valence-electron chi connectivity index (χ0n) is 12.9. The summed E-state index contributed by atoms with van der Waals surface area (Å²) in [5.41, 5.74) is -0.779. The van der Waals surface area contributed by atoms with Crippen molar-refractivity contribution in [2.45, 2.75) is 51.7 Å². The summed E-state index contributed by atoms with van der Waals surface area (Å²) >= 11 is 0. The van der Waals surface area contributed by atoms with E-state index in [4.69, 9.17) is 9.47 Å². The number of nitrogens with zero attached hydrogens (tertiary/aromatic N) is 1. The fourth-order valence-corrected chi connectivity index (χ4v) is 2.16. The quantitative estimate of drug-likeness (QED) is 0.832. The van der Waals surface area contributed by atoms with Crippen LogP contribution >= 0.6 is 0 Å². The number of likely N-dealkylation sites (tertiary alicyclic amines) is 1. The molecule has 1 N–H and O–H groups in total. The maximum Gasteiger partial charge on any atom is 0.409 e. The van der Waals surface area contributed by atoms with Crippen LogP contribution in [0.1, 0.15) is 40.0 Å². The molecule has 6 nitrogen and oxygen atoms in total. The molecule has 1 unspecified atom stereocenters. The van der Waals surface area contributed by atoms with E-state index >= 15 is 0 Å². The van der Waals surface area contributed by atoms with Crippen LogP contribution in [0.15, 0.2) is 0 Å². The van der Waals surface area contributed by atoms with E-state index in [1.165, 1.54) is 0 Å². The second kappa shape index (κ2) is 7.47. The van der Waals surface area contributed by atoms with Crippen molar-refractivity contribution in [3.05, 3.63) is 0 Å². The molecule has 0 radical (unpaired) electrons. The molecule has 1 rings (SSSR count). The van der Waals surface area contributed by atoms with Crippen LogP contribution in [0.4, 0.5) is 4.79 Å². The van der Waals surface area contributed by atoms with Crippen LogP contribution in [0, 0.1) is 0 Å². The fourth-order valence-electron chi connectivity index (χ4n) is 2.16. The molecule has 0 aromatic heterocycles. The summed E-state index contributed by atoms with van der Waals surface area (Å²) in [6, 6.07) is 0.0919. The van der Waals surface area contributed by atoms with Crippen molar-refractivity contribution < 1.29 is 19.1 Å². The molecule has 0 aliphatic carbocycles. The highest BCUT2D eigenvalue weighted by atomic mass is 16.6. The van der Waals surface area contributed by atoms with Crippen molar-refractivity contribution in [1.29, 1.82) is 0 Å². The van der Waals surface area contributed by atoms with Gasteiger partial charge in [-0.25, -0.2) is 4.79 Å². The molecular weight excluding hydrogens is 260 g/mol. The average molecular weight is 286 g/mol. The predicted octanol–water partition coefficient (Wildman–Crippen LogP) is 1.54. The van der Waals surface area contributed by atoms with Crippen molar-refractivity contribution in [2.24, 2.45) is 0 Å². The van der Waals surface area contributed by atoms with Gasteiger partial charge in [0, 0.05) is 26.2 Å². The van der Waals surface area contributed by atoms with Crippen molar-refractivity contribution in [2.75, 3.05) is 26.8 Å². The number of hydrogen-bond acceptors (Lipinski definition) is 4. The Balaban J connectivity index is 2.43. The lowest BCUT2D eigenvalue weighted by molar-refractivity contribution is -0.142. The summed E-state index contributed by atoms with van der Waals surface area (Å²) in [7, 11) is 1.55. The maximum absolute atomic E-state index is 12.2. The fraction of sp³-hybridized carbons (Fsp3) is 0.857. The third-order valence-electron chi connectivity index (χ3n) is 3.96. The summed E-state index contributed by atoms with van der Waals surface area (Å²) in [6.45, 7) is 7.11. The molecule has 1 aliphatic rings. The van der Waals surface area contributed by atoms with E-state index in [1.807, 2.05) is 6.92 Å². The number of hydrogen-bond donors (Lipinski definition) is 1. The summed E-state index contributed by atoms with van der Waals surface area (Å²) in [5, 5.41) is 3.01. The van der Waals surface area contributed by atoms with E-state index < -0.39 is 5.60 Å². The van der Waals surface area contributed by atoms with Gasteiger partial charge >= 0.3 is 6.09 Å². The van der Waals surface area contributed by atoms with E-state index in [9.17, 15) is 9.59 Å². The van der Waals surface area contributed by atoms with Gasteiger partial charge in [0.1, 0.15) is 5.60 Å². The minimum Gasteiger partial charge on any atom is -0.450 e. The molecule has 1 saturated heterocycles. The Hall–Kier alpha value is -1.30. The van der Waals surface area contributed by atoms with Gasteiger partial charge in [-0.05, 0) is 33.1 Å². The van der Waals surface area contributed by atoms with Gasteiger partial charge in [-0.1, -0.05) is 6.92 Å². The highest BCUT2D eigenvalue weighted by molar-refractivity contribution is 5.85. The first-order valence-electron chi connectivity index (χ1n) is 7.24. The predicted molar refractivity (Wildman–Crippen MR) is 75.5 cm³/mol. The zero-order valence-corrected chi connectivity index (χ0v) is 12.9. The van der Waals surface area contributed by atoms with Crippen LogP contribution in [0.25, 0.3) is 0 Å². The standard InChI is InChI=1S/C14H26N2O4/c1-5-14(3,19-4)12(17)15-11-7-9-16(10-8-11)13(18)20-6-2/h11H,5-10H2,1-4H3,(H,15,17). The van der Waals surface area contributed by atoms with Crippen LogP contribution in [0.2, 0.25) is 0 Å². The van der Waals surface area contributed by atoms with E-state index in [2.05, 4.69) is 5.32 Å². The SMILES string of the molecule is CCOC(=O)N1CCC(NC(=O)C(C)(CC)OC)CC1. The van der Waals surface area contributed by atoms with Gasteiger partial charge in [0.15, 0.2) is 0 Å². The monoisotopic (exact) mass is 286 g/mol. The normalized spacial score (nSPS) is 19.3. The topological polar surface area (TPSA) is 67.9 Å². The molecule has 1 atom stereocenters. The Morgan fingerprint density at radius 2 is 1.90 bits per heavy atom. The summed E-state index contributed by atoms with van der Waals surface area (Å²) in [5.74, 6) is -0.0860. The van der Waals surface area contributed by atoms with Crippen LogP contribution in [-0.4, -0.2) is 55.3 Å². The first-order valence-corrected chi connectivity index (χ1v) is 7.24. The van der Waals surface area contributed by atoms with E-state index in [0.29, 0.717) is 26.1 Å². The summed E-state index contributed by atoms with van der Waals surface area (Å²) in [6.07, 6.45) is 1.84. The lowest BCUT2D eigenvalue weighted by atomic mass is 9.99. The molecule has 1 fully saturated rings. The van der Waals surface area contributed by atoms with E-state index in [1.54, 1.807) is 25.9 Å². The molecule has 6 heteroatoms. The van der Waals surface area contributed by atoms with Gasteiger partial charge in [-0.2, -0.15) is 0 Å². The maximum atomic E-state index is 12.2. The minimum absolute atomic E-state index is 0.0860. The molecule has 1 aliphatic heterocycles. The number of nitrogens with one attached hydrogen (secondary N) is 1. The second-order valence-electron chi connectivity index (χ2n) is 5.22. The smallest absolute Gasteiger partial charge is 0.409 e. The molecule has 2 amide bonds. The van der Waals surface area contributed by atoms with Crippen molar-refractivity contribution in [3.8, 4) is 0 Å². The number of ether oxygens (including phenoxy) is 2. The Kier molecular flexibility index (Phi) is 6.26. The van der Waals surface area contributed by atoms with Crippen molar-refractivity contribution in [3.63, 3.8) is 0 Å². The largest absolute Gasteiger partial charge is 0.450 e. The third-order valence-corrected chi connectivity index (χ3v) is 3.96. The Bertz CT molecular complexity index is 334. The van der Waals surface area contributed by atoms with Crippen molar-refractivity contribution >= 4 is 12.0 Å². The number of rotatable bonds is 5. The molecule has 116 valence electrons. The average Bonchev–Trinajstić information content (AvgIpc) is 2.47. The highest BCUT2D eigenvalue weighted by Crippen LogP contribution is 2.17. The molecule has 0 bridgehead atoms. The molecular formula is C14H26N2O4. The minimum atomic E-state index is -0.779. The second-order valence-corrected chi connectivity index (χ2v) is 5.22. The van der Waals surface area contributed by atoms with E-state index in [0.717, 1.165) is 12.8 Å². The lowest BCUT2D eigenvalue weighted by Gasteiger charge is -2.34.